The van der Waals surface area contributed by atoms with Crippen molar-refractivity contribution in [3.05, 3.63) is 83.2 Å². The normalized spacial score (nSPS) is 26.8. The van der Waals surface area contributed by atoms with Gasteiger partial charge in [-0.05, 0) is 127 Å². The molecule has 3 aliphatic rings. The molecule has 1 unspecified atom stereocenters. The zero-order valence-electron chi connectivity index (χ0n) is 27.6. The fraction of sp³-hybridized carbons (Fsp3) is 0.450. The van der Waals surface area contributed by atoms with Gasteiger partial charge < -0.3 is 32.4 Å². The first-order valence-electron chi connectivity index (χ1n) is 17.1. The van der Waals surface area contributed by atoms with E-state index in [1.807, 2.05) is 12.1 Å². The van der Waals surface area contributed by atoms with Crippen LogP contribution in [0.5, 0.6) is 5.75 Å². The molecular formula is C40H46BrN3O2. The number of pyridine rings is 1. The second-order valence-electron chi connectivity index (χ2n) is 15.1. The number of benzene rings is 3. The molecule has 2 saturated carbocycles. The number of phenolic OH excluding ortho intramolecular Hbond substituents is 1. The lowest BCUT2D eigenvalue weighted by molar-refractivity contribution is -0.693. The van der Waals surface area contributed by atoms with E-state index in [4.69, 9.17) is 0 Å². The fourth-order valence-electron chi connectivity index (χ4n) is 10.3. The third-order valence-electron chi connectivity index (χ3n) is 13.0. The molecule has 3 N–H and O–H groups in total. The SMILES string of the molecule is Cc1c2cc[n+](CCNC(=O)CC3(C)CC[C@H]4[C@@H]5CCc6cc(O)ccc6[C@H]5CC[C@@]43C)cc2c(C)c2c1[nH]c1ccccc12.[Br-]. The van der Waals surface area contributed by atoms with Gasteiger partial charge in [0.05, 0.1) is 12.1 Å². The minimum atomic E-state index is 0. The maximum Gasteiger partial charge on any atom is 0.220 e. The summed E-state index contributed by atoms with van der Waals surface area (Å²) in [6.45, 7) is 10.7. The number of aromatic hydroxyl groups is 1. The van der Waals surface area contributed by atoms with Gasteiger partial charge in [0.2, 0.25) is 5.91 Å². The van der Waals surface area contributed by atoms with E-state index in [0.29, 0.717) is 36.5 Å². The number of H-pyrrole nitrogens is 1. The molecule has 5 atom stereocenters. The van der Waals surface area contributed by atoms with Gasteiger partial charge in [0.15, 0.2) is 18.9 Å². The molecule has 0 spiro atoms. The Balaban J connectivity index is 0.00000338. The van der Waals surface area contributed by atoms with Crippen LogP contribution in [-0.4, -0.2) is 22.5 Å². The predicted molar refractivity (Wildman–Crippen MR) is 181 cm³/mol. The molecule has 5 nitrogen and oxygen atoms in total. The molecule has 240 valence electrons. The molecule has 1 amide bonds. The number of halogens is 1. The predicted octanol–water partition coefficient (Wildman–Crippen LogP) is 5.16. The van der Waals surface area contributed by atoms with Crippen LogP contribution in [0.3, 0.4) is 0 Å². The summed E-state index contributed by atoms with van der Waals surface area (Å²) in [4.78, 5) is 17.1. The van der Waals surface area contributed by atoms with Crippen molar-refractivity contribution < 1.29 is 31.4 Å². The molecule has 3 aromatic carbocycles. The number of hydrogen-bond donors (Lipinski definition) is 3. The number of aromatic amines is 1. The van der Waals surface area contributed by atoms with Crippen LogP contribution in [0.25, 0.3) is 32.6 Å². The Morgan fingerprint density at radius 2 is 1.83 bits per heavy atom. The number of nitrogens with zero attached hydrogens (tertiary/aromatic N) is 1. The van der Waals surface area contributed by atoms with E-state index in [-0.39, 0.29) is 33.7 Å². The summed E-state index contributed by atoms with van der Waals surface area (Å²) >= 11 is 0. The number of carbonyl (C=O) groups is 1. The molecule has 0 aliphatic heterocycles. The number of fused-ring (bicyclic) bond motifs is 9. The Labute approximate surface area is 282 Å². The van der Waals surface area contributed by atoms with Gasteiger partial charge >= 0.3 is 0 Å². The van der Waals surface area contributed by atoms with Crippen LogP contribution in [0.15, 0.2) is 60.9 Å². The average molecular weight is 681 g/mol. The lowest BCUT2D eigenvalue weighted by Gasteiger charge is -2.54. The molecule has 2 aromatic heterocycles. The highest BCUT2D eigenvalue weighted by molar-refractivity contribution is 6.16. The van der Waals surface area contributed by atoms with Crippen LogP contribution in [0.4, 0.5) is 0 Å². The van der Waals surface area contributed by atoms with Gasteiger partial charge in [0, 0.05) is 34.2 Å². The third-order valence-corrected chi connectivity index (χ3v) is 13.0. The molecule has 46 heavy (non-hydrogen) atoms. The van der Waals surface area contributed by atoms with E-state index >= 15 is 0 Å². The highest BCUT2D eigenvalue weighted by Gasteiger charge is 2.60. The monoisotopic (exact) mass is 679 g/mol. The molecule has 0 saturated heterocycles. The quantitative estimate of drug-likeness (QED) is 0.225. The number of carbonyl (C=O) groups excluding carboxylic acids is 1. The number of hydrogen-bond acceptors (Lipinski definition) is 2. The molecule has 8 rings (SSSR count). The van der Waals surface area contributed by atoms with Crippen molar-refractivity contribution in [3.63, 3.8) is 0 Å². The molecule has 5 aromatic rings. The summed E-state index contributed by atoms with van der Waals surface area (Å²) in [5, 5.41) is 18.5. The number of phenols is 1. The van der Waals surface area contributed by atoms with Crippen molar-refractivity contribution >= 4 is 38.5 Å². The second-order valence-corrected chi connectivity index (χ2v) is 15.1. The summed E-state index contributed by atoms with van der Waals surface area (Å²) in [5.41, 5.74) is 8.02. The number of amides is 1. The number of rotatable bonds is 5. The first-order chi connectivity index (χ1) is 21.7. The topological polar surface area (TPSA) is 69.0 Å². The lowest BCUT2D eigenvalue weighted by Crippen LogP contribution is -3.00. The fourth-order valence-corrected chi connectivity index (χ4v) is 10.3. The standard InChI is InChI=1S/C40H45N3O2.BrH/c1-24-33-23-43(19-15-28(33)25(2)38-37(24)32-7-5-6-8-35(32)42-38)20-18-41-36(45)22-39(3)16-14-34-31-11-9-26-21-27(44)10-12-29(26)30(31)13-17-40(34,39)4;/h5-8,10,12,15,19,21,23,30-31,34H,9,11,13-14,16-18,20,22H2,1-4H3,(H2,41,44,45);1H/t30-,31-,34+,39?,40+;/m1./s1. The second kappa shape index (κ2) is 11.4. The van der Waals surface area contributed by atoms with E-state index in [2.05, 4.69) is 91.4 Å². The minimum Gasteiger partial charge on any atom is -1.00 e. The molecule has 2 fully saturated rings. The van der Waals surface area contributed by atoms with Crippen LogP contribution >= 0.6 is 0 Å². The molecule has 0 radical (unpaired) electrons. The van der Waals surface area contributed by atoms with Gasteiger partial charge in [-0.25, -0.2) is 4.57 Å². The zero-order chi connectivity index (χ0) is 31.1. The Morgan fingerprint density at radius 1 is 1.00 bits per heavy atom. The van der Waals surface area contributed by atoms with E-state index in [1.54, 1.807) is 0 Å². The van der Waals surface area contributed by atoms with Crippen LogP contribution in [-0.2, 0) is 17.8 Å². The molecule has 0 bridgehead atoms. The average Bonchev–Trinajstić information content (AvgIpc) is 3.55. The summed E-state index contributed by atoms with van der Waals surface area (Å²) < 4.78 is 2.23. The van der Waals surface area contributed by atoms with Crippen molar-refractivity contribution in [3.8, 4) is 5.75 Å². The first kappa shape index (κ1) is 31.2. The van der Waals surface area contributed by atoms with Crippen molar-refractivity contribution in [2.75, 3.05) is 6.54 Å². The Kier molecular flexibility index (Phi) is 7.74. The molecule has 2 heterocycles. The van der Waals surface area contributed by atoms with Crippen LogP contribution < -0.4 is 26.9 Å². The van der Waals surface area contributed by atoms with Gasteiger partial charge in [-0.2, -0.15) is 0 Å². The van der Waals surface area contributed by atoms with Crippen LogP contribution in [0.2, 0.25) is 0 Å². The van der Waals surface area contributed by atoms with Gasteiger partial charge in [0.1, 0.15) is 5.75 Å². The Morgan fingerprint density at radius 3 is 2.67 bits per heavy atom. The van der Waals surface area contributed by atoms with Crippen molar-refractivity contribution in [2.24, 2.45) is 22.7 Å². The van der Waals surface area contributed by atoms with Crippen molar-refractivity contribution in [1.29, 1.82) is 0 Å². The zero-order valence-corrected chi connectivity index (χ0v) is 29.1. The van der Waals surface area contributed by atoms with Gasteiger partial charge in [-0.15, -0.1) is 0 Å². The lowest BCUT2D eigenvalue weighted by atomic mass is 9.50. The summed E-state index contributed by atoms with van der Waals surface area (Å²) in [6.07, 6.45) is 12.0. The first-order valence-corrected chi connectivity index (χ1v) is 17.1. The number of aromatic nitrogens is 2. The van der Waals surface area contributed by atoms with Crippen molar-refractivity contribution in [1.82, 2.24) is 10.3 Å². The van der Waals surface area contributed by atoms with Gasteiger partial charge in [-0.3, -0.25) is 4.79 Å². The van der Waals surface area contributed by atoms with E-state index < -0.39 is 0 Å². The highest BCUT2D eigenvalue weighted by Crippen LogP contribution is 2.68. The summed E-state index contributed by atoms with van der Waals surface area (Å²) in [7, 11) is 0. The number of nitrogens with one attached hydrogen (secondary N) is 2. The smallest absolute Gasteiger partial charge is 0.220 e. The summed E-state index contributed by atoms with van der Waals surface area (Å²) in [5.74, 6) is 2.54. The number of para-hydroxylation sites is 1. The minimum absolute atomic E-state index is 0. The van der Waals surface area contributed by atoms with Gasteiger partial charge in [-0.1, -0.05) is 38.1 Å². The van der Waals surface area contributed by atoms with E-state index in [0.717, 1.165) is 19.4 Å². The molecule has 6 heteroatoms. The van der Waals surface area contributed by atoms with Crippen molar-refractivity contribution in [2.45, 2.75) is 85.1 Å². The Hall–Kier alpha value is -3.38. The number of aryl methyl sites for hydroxylation is 3. The molecule has 3 aliphatic carbocycles. The van der Waals surface area contributed by atoms with Gasteiger partial charge in [0.25, 0.3) is 0 Å². The Bertz CT molecular complexity index is 2000. The van der Waals surface area contributed by atoms with E-state index in [1.165, 1.54) is 80.5 Å². The summed E-state index contributed by atoms with van der Waals surface area (Å²) in [6, 6.07) is 16.8. The third kappa shape index (κ3) is 4.69. The maximum atomic E-state index is 13.5. The largest absolute Gasteiger partial charge is 1.00 e. The van der Waals surface area contributed by atoms with E-state index in [9.17, 15) is 9.90 Å². The van der Waals surface area contributed by atoms with Crippen LogP contribution in [0, 0.1) is 36.5 Å². The molecular weight excluding hydrogens is 634 g/mol. The maximum absolute atomic E-state index is 13.5. The van der Waals surface area contributed by atoms with Crippen LogP contribution in [0.1, 0.15) is 80.5 Å². The highest BCUT2D eigenvalue weighted by atomic mass is 79.9.